The third-order valence-electron chi connectivity index (χ3n) is 5.15. The van der Waals surface area contributed by atoms with Crippen LogP contribution in [0.1, 0.15) is 43.2 Å². The summed E-state index contributed by atoms with van der Waals surface area (Å²) in [5.41, 5.74) is 2.97. The van der Waals surface area contributed by atoms with E-state index < -0.39 is 10.0 Å². The molecule has 6 heteroatoms. The van der Waals surface area contributed by atoms with Crippen LogP contribution >= 0.6 is 12.4 Å². The molecule has 0 spiro atoms. The van der Waals surface area contributed by atoms with E-state index in [-0.39, 0.29) is 17.3 Å². The maximum atomic E-state index is 12.6. The number of hydrogen-bond donors (Lipinski definition) is 1. The van der Waals surface area contributed by atoms with Crippen LogP contribution in [0.5, 0.6) is 0 Å². The molecule has 0 aromatic heterocycles. The van der Waals surface area contributed by atoms with Crippen molar-refractivity contribution in [2.45, 2.75) is 37.0 Å². The summed E-state index contributed by atoms with van der Waals surface area (Å²) in [4.78, 5) is 2.67. The van der Waals surface area contributed by atoms with Gasteiger partial charge in [-0.15, -0.1) is 19.0 Å². The van der Waals surface area contributed by atoms with E-state index in [4.69, 9.17) is 0 Å². The summed E-state index contributed by atoms with van der Waals surface area (Å²) < 4.78 is 27.9. The number of hydrogen-bond acceptors (Lipinski definition) is 3. The quantitative estimate of drug-likeness (QED) is 0.640. The second-order valence-corrected chi connectivity index (χ2v) is 9.17. The molecule has 0 aliphatic carbocycles. The van der Waals surface area contributed by atoms with Crippen molar-refractivity contribution < 1.29 is 8.42 Å². The molecule has 1 N–H and O–H groups in total. The normalized spacial score (nSPS) is 17.3. The first kappa shape index (κ1) is 22.5. The minimum atomic E-state index is -3.57. The monoisotopic (exact) mass is 420 g/mol. The molecule has 0 unspecified atom stereocenters. The number of sulfonamides is 1. The van der Waals surface area contributed by atoms with Gasteiger partial charge in [-0.2, -0.15) is 0 Å². The second-order valence-electron chi connectivity index (χ2n) is 7.49. The summed E-state index contributed by atoms with van der Waals surface area (Å²) in [5, 5.41) is 0. The smallest absolute Gasteiger partial charge is 0.261 e. The number of likely N-dealkylation sites (tertiary alicyclic amines) is 1. The summed E-state index contributed by atoms with van der Waals surface area (Å²) in [6, 6.07) is 14.8. The van der Waals surface area contributed by atoms with E-state index in [1.54, 1.807) is 12.1 Å². The Kier molecular flexibility index (Phi) is 7.70. The van der Waals surface area contributed by atoms with Gasteiger partial charge in [-0.3, -0.25) is 9.62 Å². The molecule has 1 saturated heterocycles. The SMILES string of the molecule is C=CCN1CC[C@@H](c2ccc(NS(=O)(=O)c3ccc(C(C)C)cc3)cc2)C1.Cl. The Hall–Kier alpha value is -1.82. The average molecular weight is 421 g/mol. The van der Waals surface area contributed by atoms with Gasteiger partial charge in [0.2, 0.25) is 0 Å². The van der Waals surface area contributed by atoms with E-state index in [2.05, 4.69) is 30.0 Å². The number of nitrogens with one attached hydrogen (secondary N) is 1. The van der Waals surface area contributed by atoms with Crippen LogP contribution in [0.25, 0.3) is 0 Å². The maximum Gasteiger partial charge on any atom is 0.261 e. The summed E-state index contributed by atoms with van der Waals surface area (Å²) in [6.07, 6.45) is 3.06. The van der Waals surface area contributed by atoms with Gasteiger partial charge in [0.25, 0.3) is 10.0 Å². The Balaban J connectivity index is 0.00000280. The van der Waals surface area contributed by atoms with Crippen LogP contribution < -0.4 is 4.72 Å². The molecule has 1 aliphatic rings. The van der Waals surface area contributed by atoms with Crippen molar-refractivity contribution in [2.75, 3.05) is 24.4 Å². The van der Waals surface area contributed by atoms with E-state index in [9.17, 15) is 8.42 Å². The van der Waals surface area contributed by atoms with Crippen molar-refractivity contribution in [3.05, 3.63) is 72.3 Å². The van der Waals surface area contributed by atoms with E-state index >= 15 is 0 Å². The fourth-order valence-electron chi connectivity index (χ4n) is 3.52. The predicted molar refractivity (Wildman–Crippen MR) is 119 cm³/mol. The highest BCUT2D eigenvalue weighted by molar-refractivity contribution is 7.92. The highest BCUT2D eigenvalue weighted by Crippen LogP contribution is 2.28. The standard InChI is InChI=1S/C22H28N2O2S.ClH/c1-4-14-24-15-13-20(16-24)19-5-9-21(10-6-19)23-27(25,26)22-11-7-18(8-12-22)17(2)3;/h4-12,17,20,23H,1,13-16H2,2-3H3;1H/t20-;/m1./s1. The highest BCUT2D eigenvalue weighted by Gasteiger charge is 2.23. The molecule has 4 nitrogen and oxygen atoms in total. The van der Waals surface area contributed by atoms with E-state index in [0.717, 1.165) is 31.6 Å². The summed E-state index contributed by atoms with van der Waals surface area (Å²) in [6.45, 7) is 11.0. The number of anilines is 1. The van der Waals surface area contributed by atoms with E-state index in [0.29, 0.717) is 17.5 Å². The van der Waals surface area contributed by atoms with E-state index in [1.807, 2.05) is 42.5 Å². The van der Waals surface area contributed by atoms with Gasteiger partial charge in [-0.25, -0.2) is 8.42 Å². The van der Waals surface area contributed by atoms with Crippen molar-refractivity contribution >= 4 is 28.1 Å². The Morgan fingerprint density at radius 2 is 1.79 bits per heavy atom. The zero-order chi connectivity index (χ0) is 19.4. The minimum absolute atomic E-state index is 0. The topological polar surface area (TPSA) is 49.4 Å². The molecule has 1 heterocycles. The van der Waals surface area contributed by atoms with Gasteiger partial charge in [0.15, 0.2) is 0 Å². The lowest BCUT2D eigenvalue weighted by Gasteiger charge is -2.14. The van der Waals surface area contributed by atoms with Crippen molar-refractivity contribution in [2.24, 2.45) is 0 Å². The van der Waals surface area contributed by atoms with Crippen LogP contribution in [0, 0.1) is 0 Å². The highest BCUT2D eigenvalue weighted by atomic mass is 35.5. The fourth-order valence-corrected chi connectivity index (χ4v) is 4.58. The van der Waals surface area contributed by atoms with Crippen molar-refractivity contribution in [3.63, 3.8) is 0 Å². The summed E-state index contributed by atoms with van der Waals surface area (Å²) in [5.74, 6) is 0.874. The largest absolute Gasteiger partial charge is 0.299 e. The number of nitrogens with zero attached hydrogens (tertiary/aromatic N) is 1. The first-order chi connectivity index (χ1) is 12.9. The van der Waals surface area contributed by atoms with E-state index in [1.165, 1.54) is 5.56 Å². The van der Waals surface area contributed by atoms with Crippen LogP contribution in [0.3, 0.4) is 0 Å². The lowest BCUT2D eigenvalue weighted by Crippen LogP contribution is -2.19. The third kappa shape index (κ3) is 5.37. The molecule has 0 radical (unpaired) electrons. The van der Waals surface area contributed by atoms with Crippen molar-refractivity contribution in [3.8, 4) is 0 Å². The molecule has 152 valence electrons. The first-order valence-electron chi connectivity index (χ1n) is 9.45. The van der Waals surface area contributed by atoms with Crippen molar-refractivity contribution in [1.82, 2.24) is 4.90 Å². The van der Waals surface area contributed by atoms with Crippen LogP contribution in [0.4, 0.5) is 5.69 Å². The molecular formula is C22H29ClN2O2S. The second kappa shape index (κ2) is 9.59. The van der Waals surface area contributed by atoms with Crippen LogP contribution in [0.2, 0.25) is 0 Å². The third-order valence-corrected chi connectivity index (χ3v) is 6.55. The molecule has 2 aromatic rings. The lowest BCUT2D eigenvalue weighted by atomic mass is 9.98. The molecule has 2 aromatic carbocycles. The Bertz CT molecular complexity index is 878. The lowest BCUT2D eigenvalue weighted by molar-refractivity contribution is 0.372. The van der Waals surface area contributed by atoms with Crippen LogP contribution in [0.15, 0.2) is 66.1 Å². The predicted octanol–water partition coefficient (Wildman–Crippen LogP) is 5.01. The number of rotatable bonds is 7. The zero-order valence-corrected chi connectivity index (χ0v) is 18.1. The molecule has 3 rings (SSSR count). The van der Waals surface area contributed by atoms with Crippen LogP contribution in [-0.4, -0.2) is 33.0 Å². The minimum Gasteiger partial charge on any atom is -0.299 e. The molecule has 28 heavy (non-hydrogen) atoms. The fraction of sp³-hybridized carbons (Fsp3) is 0.364. The van der Waals surface area contributed by atoms with Gasteiger partial charge < -0.3 is 0 Å². The Labute approximate surface area is 175 Å². The van der Waals surface area contributed by atoms with Gasteiger partial charge >= 0.3 is 0 Å². The molecule has 1 atom stereocenters. The maximum absolute atomic E-state index is 12.6. The van der Waals surface area contributed by atoms with Gasteiger partial charge in [-0.1, -0.05) is 44.2 Å². The Morgan fingerprint density at radius 3 is 2.36 bits per heavy atom. The number of benzene rings is 2. The molecular weight excluding hydrogens is 392 g/mol. The van der Waals surface area contributed by atoms with Gasteiger partial charge in [0.1, 0.15) is 0 Å². The molecule has 1 aliphatic heterocycles. The molecule has 0 bridgehead atoms. The van der Waals surface area contributed by atoms with Gasteiger partial charge in [0.05, 0.1) is 4.90 Å². The van der Waals surface area contributed by atoms with Crippen LogP contribution in [-0.2, 0) is 10.0 Å². The Morgan fingerprint density at radius 1 is 1.14 bits per heavy atom. The summed E-state index contributed by atoms with van der Waals surface area (Å²) in [7, 11) is -3.57. The number of halogens is 1. The molecule has 0 saturated carbocycles. The molecule has 0 amide bonds. The summed E-state index contributed by atoms with van der Waals surface area (Å²) >= 11 is 0. The van der Waals surface area contributed by atoms with Gasteiger partial charge in [-0.05, 0) is 60.2 Å². The molecule has 1 fully saturated rings. The van der Waals surface area contributed by atoms with Crippen molar-refractivity contribution in [1.29, 1.82) is 0 Å². The zero-order valence-electron chi connectivity index (χ0n) is 16.5. The van der Waals surface area contributed by atoms with Gasteiger partial charge in [0, 0.05) is 18.8 Å². The first-order valence-corrected chi connectivity index (χ1v) is 10.9. The average Bonchev–Trinajstić information content (AvgIpc) is 3.11.